The largest absolute Gasteiger partial charge is 0.326 e. The standard InChI is InChI=1S/C17H20N2O3S/c1-17(2,3)16(20)18-13-8-7-9-14(12-13)19-23(21,22)15-10-5-4-6-11-15/h4-12,19H,1-3H3,(H,18,20). The van der Waals surface area contributed by atoms with E-state index in [0.29, 0.717) is 11.4 Å². The first-order valence-electron chi connectivity index (χ1n) is 7.18. The molecule has 2 rings (SSSR count). The lowest BCUT2D eigenvalue weighted by Gasteiger charge is -2.18. The molecule has 6 heteroatoms. The van der Waals surface area contributed by atoms with Crippen LogP contribution >= 0.6 is 0 Å². The number of hydrogen-bond acceptors (Lipinski definition) is 3. The molecule has 0 spiro atoms. The van der Waals surface area contributed by atoms with E-state index in [0.717, 1.165) is 0 Å². The molecule has 2 aromatic rings. The van der Waals surface area contributed by atoms with Crippen LogP contribution in [0.25, 0.3) is 0 Å². The third-order valence-corrected chi connectivity index (χ3v) is 4.50. The normalized spacial score (nSPS) is 11.8. The lowest BCUT2D eigenvalue weighted by atomic mass is 9.95. The molecule has 0 heterocycles. The number of nitrogens with one attached hydrogen (secondary N) is 2. The summed E-state index contributed by atoms with van der Waals surface area (Å²) in [5.74, 6) is -0.138. The summed E-state index contributed by atoms with van der Waals surface area (Å²) in [6.45, 7) is 5.43. The number of amides is 1. The molecule has 0 aliphatic carbocycles. The quantitative estimate of drug-likeness (QED) is 0.900. The van der Waals surface area contributed by atoms with Gasteiger partial charge in [0.1, 0.15) is 0 Å². The lowest BCUT2D eigenvalue weighted by molar-refractivity contribution is -0.123. The fraction of sp³-hybridized carbons (Fsp3) is 0.235. The summed E-state index contributed by atoms with van der Waals surface area (Å²) >= 11 is 0. The molecule has 0 saturated heterocycles. The van der Waals surface area contributed by atoms with Crippen molar-refractivity contribution in [1.29, 1.82) is 0 Å². The smallest absolute Gasteiger partial charge is 0.261 e. The summed E-state index contributed by atoms with van der Waals surface area (Å²) in [6, 6.07) is 14.7. The van der Waals surface area contributed by atoms with E-state index >= 15 is 0 Å². The molecular formula is C17H20N2O3S. The molecule has 0 aromatic heterocycles. The highest BCUT2D eigenvalue weighted by Gasteiger charge is 2.21. The molecule has 0 saturated carbocycles. The van der Waals surface area contributed by atoms with Crippen LogP contribution in [-0.4, -0.2) is 14.3 Å². The van der Waals surface area contributed by atoms with Crippen molar-refractivity contribution in [3.8, 4) is 0 Å². The van der Waals surface area contributed by atoms with Gasteiger partial charge in [0, 0.05) is 11.1 Å². The maximum Gasteiger partial charge on any atom is 0.261 e. The van der Waals surface area contributed by atoms with Crippen LogP contribution in [0.15, 0.2) is 59.5 Å². The van der Waals surface area contributed by atoms with Gasteiger partial charge in [-0.15, -0.1) is 0 Å². The second-order valence-corrected chi connectivity index (χ2v) is 7.89. The average molecular weight is 332 g/mol. The van der Waals surface area contributed by atoms with Crippen LogP contribution in [0.4, 0.5) is 11.4 Å². The third kappa shape index (κ3) is 4.56. The number of anilines is 2. The summed E-state index contributed by atoms with van der Waals surface area (Å²) in [5.41, 5.74) is 0.401. The van der Waals surface area contributed by atoms with Crippen molar-refractivity contribution in [3.05, 3.63) is 54.6 Å². The molecule has 0 atom stereocenters. The van der Waals surface area contributed by atoms with E-state index in [-0.39, 0.29) is 10.8 Å². The molecule has 5 nitrogen and oxygen atoms in total. The van der Waals surface area contributed by atoms with Gasteiger partial charge in [-0.1, -0.05) is 45.0 Å². The van der Waals surface area contributed by atoms with E-state index < -0.39 is 15.4 Å². The molecule has 0 fully saturated rings. The van der Waals surface area contributed by atoms with Crippen LogP contribution in [0.2, 0.25) is 0 Å². The van der Waals surface area contributed by atoms with Gasteiger partial charge in [0.05, 0.1) is 10.6 Å². The SMILES string of the molecule is CC(C)(C)C(=O)Nc1cccc(NS(=O)(=O)c2ccccc2)c1. The summed E-state index contributed by atoms with van der Waals surface area (Å²) in [5, 5.41) is 2.77. The van der Waals surface area contributed by atoms with E-state index in [1.807, 2.05) is 20.8 Å². The molecule has 23 heavy (non-hydrogen) atoms. The van der Waals surface area contributed by atoms with Gasteiger partial charge in [-0.05, 0) is 30.3 Å². The Bertz CT molecular complexity index is 794. The summed E-state index contributed by atoms with van der Waals surface area (Å²) < 4.78 is 27.1. The summed E-state index contributed by atoms with van der Waals surface area (Å²) in [4.78, 5) is 12.2. The van der Waals surface area contributed by atoms with Crippen LogP contribution in [-0.2, 0) is 14.8 Å². The first-order valence-corrected chi connectivity index (χ1v) is 8.66. The van der Waals surface area contributed by atoms with E-state index in [1.165, 1.54) is 12.1 Å². The van der Waals surface area contributed by atoms with E-state index in [4.69, 9.17) is 0 Å². The molecule has 2 aromatic carbocycles. The first-order chi connectivity index (χ1) is 10.7. The average Bonchev–Trinajstić information content (AvgIpc) is 2.47. The maximum atomic E-state index is 12.3. The Morgan fingerprint density at radius 3 is 2.13 bits per heavy atom. The minimum absolute atomic E-state index is 0.138. The topological polar surface area (TPSA) is 75.3 Å². The summed E-state index contributed by atoms with van der Waals surface area (Å²) in [7, 11) is -3.65. The number of hydrogen-bond donors (Lipinski definition) is 2. The molecule has 0 aliphatic rings. The highest BCUT2D eigenvalue weighted by Crippen LogP contribution is 2.22. The van der Waals surface area contributed by atoms with Crippen molar-refractivity contribution >= 4 is 27.3 Å². The number of sulfonamides is 1. The Morgan fingerprint density at radius 1 is 0.913 bits per heavy atom. The Morgan fingerprint density at radius 2 is 1.52 bits per heavy atom. The van der Waals surface area contributed by atoms with Gasteiger partial charge in [0.15, 0.2) is 0 Å². The number of benzene rings is 2. The van der Waals surface area contributed by atoms with E-state index in [1.54, 1.807) is 42.5 Å². The Labute approximate surface area is 136 Å². The minimum Gasteiger partial charge on any atom is -0.326 e. The van der Waals surface area contributed by atoms with E-state index in [2.05, 4.69) is 10.0 Å². The van der Waals surface area contributed by atoms with Crippen molar-refractivity contribution in [2.75, 3.05) is 10.0 Å². The molecule has 1 amide bonds. The van der Waals surface area contributed by atoms with Crippen LogP contribution < -0.4 is 10.0 Å². The predicted octanol–water partition coefficient (Wildman–Crippen LogP) is 3.47. The zero-order valence-corrected chi connectivity index (χ0v) is 14.1. The van der Waals surface area contributed by atoms with Crippen molar-refractivity contribution in [2.24, 2.45) is 5.41 Å². The van der Waals surface area contributed by atoms with Crippen LogP contribution in [0.1, 0.15) is 20.8 Å². The molecule has 0 aliphatic heterocycles. The Kier molecular flexibility index (Phi) is 4.75. The second kappa shape index (κ2) is 6.42. The second-order valence-electron chi connectivity index (χ2n) is 6.20. The van der Waals surface area contributed by atoms with Gasteiger partial charge >= 0.3 is 0 Å². The van der Waals surface area contributed by atoms with E-state index in [9.17, 15) is 13.2 Å². The zero-order chi connectivity index (χ0) is 17.1. The van der Waals surface area contributed by atoms with Crippen molar-refractivity contribution < 1.29 is 13.2 Å². The third-order valence-electron chi connectivity index (χ3n) is 3.11. The molecule has 2 N–H and O–H groups in total. The van der Waals surface area contributed by atoms with Gasteiger partial charge in [-0.3, -0.25) is 9.52 Å². The molecule has 0 radical (unpaired) electrons. The molecule has 122 valence electrons. The van der Waals surface area contributed by atoms with Gasteiger partial charge in [-0.25, -0.2) is 8.42 Å². The number of carbonyl (C=O) groups is 1. The van der Waals surface area contributed by atoms with Crippen LogP contribution in [0.5, 0.6) is 0 Å². The minimum atomic E-state index is -3.65. The molecule has 0 unspecified atom stereocenters. The maximum absolute atomic E-state index is 12.3. The van der Waals surface area contributed by atoms with Gasteiger partial charge in [0.25, 0.3) is 10.0 Å². The van der Waals surface area contributed by atoms with Gasteiger partial charge < -0.3 is 5.32 Å². The molecule has 0 bridgehead atoms. The van der Waals surface area contributed by atoms with Crippen molar-refractivity contribution in [1.82, 2.24) is 0 Å². The van der Waals surface area contributed by atoms with Gasteiger partial charge in [0.2, 0.25) is 5.91 Å². The number of carbonyl (C=O) groups excluding carboxylic acids is 1. The lowest BCUT2D eigenvalue weighted by Crippen LogP contribution is -2.27. The predicted molar refractivity (Wildman–Crippen MR) is 91.8 cm³/mol. The highest BCUT2D eigenvalue weighted by atomic mass is 32.2. The fourth-order valence-electron chi connectivity index (χ4n) is 1.79. The van der Waals surface area contributed by atoms with Crippen LogP contribution in [0.3, 0.4) is 0 Å². The summed E-state index contributed by atoms with van der Waals surface area (Å²) in [6.07, 6.45) is 0. The van der Waals surface area contributed by atoms with Gasteiger partial charge in [-0.2, -0.15) is 0 Å². The zero-order valence-electron chi connectivity index (χ0n) is 13.3. The first kappa shape index (κ1) is 17.0. The Balaban J connectivity index is 2.19. The fourth-order valence-corrected chi connectivity index (χ4v) is 2.86. The number of rotatable bonds is 4. The monoisotopic (exact) mass is 332 g/mol. The van der Waals surface area contributed by atoms with Crippen molar-refractivity contribution in [3.63, 3.8) is 0 Å². The Hall–Kier alpha value is -2.34. The highest BCUT2D eigenvalue weighted by molar-refractivity contribution is 7.92. The van der Waals surface area contributed by atoms with Crippen LogP contribution in [0, 0.1) is 5.41 Å². The molecular weight excluding hydrogens is 312 g/mol. The van der Waals surface area contributed by atoms with Crippen molar-refractivity contribution in [2.45, 2.75) is 25.7 Å².